The number of carboxylic acid groups (broad SMARTS) is 1. The lowest BCUT2D eigenvalue weighted by atomic mass is 10.1. The molecule has 0 aliphatic heterocycles. The average Bonchev–Trinajstić information content (AvgIpc) is 2.49. The van der Waals surface area contributed by atoms with E-state index in [1.54, 1.807) is 0 Å². The molecule has 0 spiro atoms. The molecule has 0 aliphatic carbocycles. The zero-order valence-electron chi connectivity index (χ0n) is 13.4. The summed E-state index contributed by atoms with van der Waals surface area (Å²) in [5.74, 6) is -0.981. The van der Waals surface area contributed by atoms with Crippen LogP contribution in [-0.4, -0.2) is 34.5 Å². The van der Waals surface area contributed by atoms with Crippen molar-refractivity contribution in [3.05, 3.63) is 12.7 Å². The van der Waals surface area contributed by atoms with Gasteiger partial charge < -0.3 is 15.3 Å². The van der Waals surface area contributed by atoms with Gasteiger partial charge in [0.05, 0.1) is 0 Å². The summed E-state index contributed by atoms with van der Waals surface area (Å²) < 4.78 is 0. The maximum Gasteiger partial charge on any atom is 0.327 e. The zero-order valence-corrected chi connectivity index (χ0v) is 13.4. The summed E-state index contributed by atoms with van der Waals surface area (Å²) >= 11 is 0. The topological polar surface area (TPSA) is 77.8 Å². The molecule has 0 aromatic heterocycles. The van der Waals surface area contributed by atoms with Crippen LogP contribution in [0.25, 0.3) is 0 Å². The van der Waals surface area contributed by atoms with Gasteiger partial charge in [0.15, 0.2) is 0 Å². The van der Waals surface area contributed by atoms with Gasteiger partial charge in [-0.05, 0) is 12.8 Å². The summed E-state index contributed by atoms with van der Waals surface area (Å²) in [7, 11) is 0. The SMILES string of the molecule is C=CC(=O)O.OCCCCCCCCCCCCCCO. The summed E-state index contributed by atoms with van der Waals surface area (Å²) in [6.45, 7) is 3.67. The van der Waals surface area contributed by atoms with Gasteiger partial charge in [0.2, 0.25) is 0 Å². The van der Waals surface area contributed by atoms with Crippen molar-refractivity contribution in [1.29, 1.82) is 0 Å². The minimum atomic E-state index is -0.981. The fourth-order valence-corrected chi connectivity index (χ4v) is 1.99. The Morgan fingerprint density at radius 1 is 0.667 bits per heavy atom. The summed E-state index contributed by atoms with van der Waals surface area (Å²) in [6.07, 6.45) is 15.9. The molecule has 0 aliphatic rings. The monoisotopic (exact) mass is 302 g/mol. The second-order valence-corrected chi connectivity index (χ2v) is 5.23. The molecule has 0 unspecified atom stereocenters. The Balaban J connectivity index is 0. The fourth-order valence-electron chi connectivity index (χ4n) is 1.99. The smallest absolute Gasteiger partial charge is 0.327 e. The number of aliphatic hydroxyl groups is 2. The third kappa shape index (κ3) is 28.1. The molecule has 0 saturated heterocycles. The third-order valence-corrected chi connectivity index (χ3v) is 3.24. The Labute approximate surface area is 129 Å². The quantitative estimate of drug-likeness (QED) is 0.336. The first kappa shape index (κ1) is 22.4. The van der Waals surface area contributed by atoms with Crippen LogP contribution in [0.1, 0.15) is 77.0 Å². The predicted octanol–water partition coefficient (Wildman–Crippen LogP) is 3.91. The van der Waals surface area contributed by atoms with Gasteiger partial charge >= 0.3 is 5.97 Å². The molecule has 0 bridgehead atoms. The highest BCUT2D eigenvalue weighted by Gasteiger charge is 1.93. The lowest BCUT2D eigenvalue weighted by Crippen LogP contribution is -1.85. The van der Waals surface area contributed by atoms with E-state index < -0.39 is 5.97 Å². The number of hydrogen-bond donors (Lipinski definition) is 3. The molecule has 0 saturated carbocycles. The van der Waals surface area contributed by atoms with Crippen LogP contribution in [0.4, 0.5) is 0 Å². The van der Waals surface area contributed by atoms with Crippen molar-refractivity contribution in [2.45, 2.75) is 77.0 Å². The molecule has 0 fully saturated rings. The van der Waals surface area contributed by atoms with E-state index in [0.717, 1.165) is 18.9 Å². The van der Waals surface area contributed by atoms with Gasteiger partial charge in [0.25, 0.3) is 0 Å². The Morgan fingerprint density at radius 3 is 1.00 bits per heavy atom. The van der Waals surface area contributed by atoms with Crippen LogP contribution in [0.2, 0.25) is 0 Å². The van der Waals surface area contributed by atoms with Crippen molar-refractivity contribution >= 4 is 5.97 Å². The zero-order chi connectivity index (χ0) is 16.2. The summed E-state index contributed by atoms with van der Waals surface area (Å²) in [5.41, 5.74) is 0. The molecule has 126 valence electrons. The van der Waals surface area contributed by atoms with Gasteiger partial charge in [-0.1, -0.05) is 70.8 Å². The third-order valence-electron chi connectivity index (χ3n) is 3.24. The van der Waals surface area contributed by atoms with Crippen molar-refractivity contribution < 1.29 is 20.1 Å². The predicted molar refractivity (Wildman–Crippen MR) is 87.4 cm³/mol. The van der Waals surface area contributed by atoms with E-state index in [1.807, 2.05) is 0 Å². The molecule has 0 atom stereocenters. The number of aliphatic carboxylic acids is 1. The highest BCUT2D eigenvalue weighted by Crippen LogP contribution is 2.11. The van der Waals surface area contributed by atoms with E-state index in [1.165, 1.54) is 64.2 Å². The lowest BCUT2D eigenvalue weighted by Gasteiger charge is -2.02. The lowest BCUT2D eigenvalue weighted by molar-refractivity contribution is -0.131. The molecule has 0 radical (unpaired) electrons. The van der Waals surface area contributed by atoms with Crippen molar-refractivity contribution in [2.75, 3.05) is 13.2 Å². The Kier molecular flexibility index (Phi) is 22.9. The number of hydrogen-bond acceptors (Lipinski definition) is 3. The van der Waals surface area contributed by atoms with Crippen molar-refractivity contribution in [3.8, 4) is 0 Å². The first-order chi connectivity index (χ1) is 10.2. The molecule has 0 rings (SSSR count). The van der Waals surface area contributed by atoms with Crippen LogP contribution >= 0.6 is 0 Å². The first-order valence-electron chi connectivity index (χ1n) is 8.26. The standard InChI is InChI=1S/C14H30O2.C3H4O2/c15-13-11-9-7-5-3-1-2-4-6-8-10-12-14-16;1-2-3(4)5/h15-16H,1-14H2;2H,1H2,(H,4,5). The van der Waals surface area contributed by atoms with Crippen LogP contribution < -0.4 is 0 Å². The second-order valence-electron chi connectivity index (χ2n) is 5.23. The second kappa shape index (κ2) is 21.4. The first-order valence-corrected chi connectivity index (χ1v) is 8.26. The molecule has 0 heterocycles. The van der Waals surface area contributed by atoms with Gasteiger partial charge in [-0.15, -0.1) is 0 Å². The van der Waals surface area contributed by atoms with Crippen LogP contribution in [0.3, 0.4) is 0 Å². The van der Waals surface area contributed by atoms with E-state index in [0.29, 0.717) is 13.2 Å². The summed E-state index contributed by atoms with van der Waals surface area (Å²) in [4.78, 5) is 9.25. The minimum absolute atomic E-state index is 0.355. The van der Waals surface area contributed by atoms with Crippen LogP contribution in [0, 0.1) is 0 Å². The highest BCUT2D eigenvalue weighted by molar-refractivity contribution is 5.78. The molecule has 0 aromatic rings. The molecule has 0 aromatic carbocycles. The molecule has 3 N–H and O–H groups in total. The van der Waals surface area contributed by atoms with Crippen LogP contribution in [0.15, 0.2) is 12.7 Å². The van der Waals surface area contributed by atoms with E-state index in [9.17, 15) is 4.79 Å². The molecule has 0 amide bonds. The van der Waals surface area contributed by atoms with Crippen molar-refractivity contribution in [2.24, 2.45) is 0 Å². The number of carboxylic acids is 1. The largest absolute Gasteiger partial charge is 0.478 e. The van der Waals surface area contributed by atoms with Crippen molar-refractivity contribution in [3.63, 3.8) is 0 Å². The summed E-state index contributed by atoms with van der Waals surface area (Å²) in [6, 6.07) is 0. The maximum atomic E-state index is 9.25. The van der Waals surface area contributed by atoms with E-state index in [4.69, 9.17) is 15.3 Å². The van der Waals surface area contributed by atoms with E-state index in [2.05, 4.69) is 6.58 Å². The van der Waals surface area contributed by atoms with Gasteiger partial charge in [0, 0.05) is 19.3 Å². The molecule has 4 heteroatoms. The van der Waals surface area contributed by atoms with E-state index >= 15 is 0 Å². The van der Waals surface area contributed by atoms with Gasteiger partial charge in [-0.2, -0.15) is 0 Å². The fraction of sp³-hybridized carbons (Fsp3) is 0.824. The Hall–Kier alpha value is -0.870. The number of aliphatic hydroxyl groups excluding tert-OH is 2. The van der Waals surface area contributed by atoms with E-state index in [-0.39, 0.29) is 0 Å². The molecule has 21 heavy (non-hydrogen) atoms. The summed E-state index contributed by atoms with van der Waals surface area (Å²) in [5, 5.41) is 24.8. The highest BCUT2D eigenvalue weighted by atomic mass is 16.4. The maximum absolute atomic E-state index is 9.25. The van der Waals surface area contributed by atoms with Crippen LogP contribution in [0.5, 0.6) is 0 Å². The Bertz CT molecular complexity index is 203. The van der Waals surface area contributed by atoms with Crippen molar-refractivity contribution in [1.82, 2.24) is 0 Å². The number of rotatable bonds is 14. The van der Waals surface area contributed by atoms with Crippen LogP contribution in [-0.2, 0) is 4.79 Å². The normalized spacial score (nSPS) is 9.81. The molecular formula is C17H34O4. The van der Waals surface area contributed by atoms with Gasteiger partial charge in [-0.25, -0.2) is 4.79 Å². The minimum Gasteiger partial charge on any atom is -0.478 e. The Morgan fingerprint density at radius 2 is 0.857 bits per heavy atom. The number of carbonyl (C=O) groups is 1. The average molecular weight is 302 g/mol. The van der Waals surface area contributed by atoms with Gasteiger partial charge in [-0.3, -0.25) is 0 Å². The molecular weight excluding hydrogens is 268 g/mol. The van der Waals surface area contributed by atoms with Gasteiger partial charge in [0.1, 0.15) is 0 Å². The molecule has 4 nitrogen and oxygen atoms in total. The number of unbranched alkanes of at least 4 members (excludes halogenated alkanes) is 11.